The predicted molar refractivity (Wildman–Crippen MR) is 40.1 cm³/mol. The van der Waals surface area contributed by atoms with Crippen molar-refractivity contribution in [2.75, 3.05) is 18.0 Å². The van der Waals surface area contributed by atoms with Crippen LogP contribution in [0.15, 0.2) is 6.20 Å². The van der Waals surface area contributed by atoms with Crippen molar-refractivity contribution in [3.63, 3.8) is 0 Å². The molecule has 6 N–H and O–H groups in total. The van der Waals surface area contributed by atoms with E-state index in [4.69, 9.17) is 17.2 Å². The van der Waals surface area contributed by atoms with Gasteiger partial charge in [-0.1, -0.05) is 0 Å². The highest BCUT2D eigenvalue weighted by Crippen LogP contribution is 2.10. The van der Waals surface area contributed by atoms with Gasteiger partial charge in [-0.3, -0.25) is 0 Å². The minimum atomic E-state index is 0.491. The van der Waals surface area contributed by atoms with E-state index in [0.717, 1.165) is 0 Å². The van der Waals surface area contributed by atoms with E-state index in [1.165, 1.54) is 6.20 Å². The normalized spacial score (nSPS) is 10.1. The summed E-state index contributed by atoms with van der Waals surface area (Å²) in [7, 11) is 0. The van der Waals surface area contributed by atoms with E-state index in [1.54, 1.807) is 4.68 Å². The molecule has 0 aliphatic rings. The minimum absolute atomic E-state index is 0.491. The molecule has 10 heavy (non-hydrogen) atoms. The van der Waals surface area contributed by atoms with Crippen molar-refractivity contribution in [3.05, 3.63) is 6.20 Å². The summed E-state index contributed by atoms with van der Waals surface area (Å²) in [5.74, 6) is 0.491. The van der Waals surface area contributed by atoms with Crippen molar-refractivity contribution in [2.24, 2.45) is 5.73 Å². The molecule has 1 rings (SSSR count). The SMILES string of the molecule is NCCn1ncc(N)c1N. The molecule has 0 saturated carbocycles. The third kappa shape index (κ3) is 1.03. The molecule has 1 aromatic heterocycles. The Kier molecular flexibility index (Phi) is 1.77. The lowest BCUT2D eigenvalue weighted by atomic mass is 10.5. The van der Waals surface area contributed by atoms with Gasteiger partial charge < -0.3 is 17.2 Å². The Hall–Kier alpha value is -1.23. The van der Waals surface area contributed by atoms with E-state index in [1.807, 2.05) is 0 Å². The number of aromatic nitrogens is 2. The first-order chi connectivity index (χ1) is 4.75. The summed E-state index contributed by atoms with van der Waals surface area (Å²) in [6, 6.07) is 0. The van der Waals surface area contributed by atoms with Gasteiger partial charge >= 0.3 is 0 Å². The average Bonchev–Trinajstić information content (AvgIpc) is 2.20. The summed E-state index contributed by atoms with van der Waals surface area (Å²) < 4.78 is 1.58. The molecule has 0 aliphatic heterocycles. The fraction of sp³-hybridized carbons (Fsp3) is 0.400. The molecule has 1 heterocycles. The molecule has 0 aliphatic carbocycles. The largest absolute Gasteiger partial charge is 0.394 e. The third-order valence-electron chi connectivity index (χ3n) is 1.25. The van der Waals surface area contributed by atoms with Crippen LogP contribution in [0, 0.1) is 0 Å². The number of hydrogen-bond acceptors (Lipinski definition) is 4. The topological polar surface area (TPSA) is 95.9 Å². The Labute approximate surface area is 58.8 Å². The van der Waals surface area contributed by atoms with Gasteiger partial charge in [0.15, 0.2) is 0 Å². The molecule has 0 saturated heterocycles. The minimum Gasteiger partial charge on any atom is -0.394 e. The summed E-state index contributed by atoms with van der Waals surface area (Å²) in [5.41, 5.74) is 16.7. The molecule has 0 amide bonds. The molecule has 1 aromatic rings. The lowest BCUT2D eigenvalue weighted by Gasteiger charge is -1.99. The van der Waals surface area contributed by atoms with Crippen LogP contribution in [0.5, 0.6) is 0 Å². The molecule has 56 valence electrons. The molecule has 0 fully saturated rings. The standard InChI is InChI=1S/C5H11N5/c6-1-2-10-5(8)4(7)3-9-10/h3H,1-2,6-8H2. The van der Waals surface area contributed by atoms with Crippen LogP contribution in [0.25, 0.3) is 0 Å². The molecule has 0 radical (unpaired) electrons. The molecule has 5 heteroatoms. The van der Waals surface area contributed by atoms with Crippen molar-refractivity contribution in [3.8, 4) is 0 Å². The van der Waals surface area contributed by atoms with Crippen molar-refractivity contribution < 1.29 is 0 Å². The Balaban J connectivity index is 2.83. The van der Waals surface area contributed by atoms with Crippen molar-refractivity contribution >= 4 is 11.5 Å². The van der Waals surface area contributed by atoms with Gasteiger partial charge in [-0.15, -0.1) is 0 Å². The highest BCUT2D eigenvalue weighted by Gasteiger charge is 2.00. The fourth-order valence-electron chi connectivity index (χ4n) is 0.710. The summed E-state index contributed by atoms with van der Waals surface area (Å²) in [5, 5.41) is 3.89. The van der Waals surface area contributed by atoms with Crippen LogP contribution >= 0.6 is 0 Å². The highest BCUT2D eigenvalue weighted by molar-refractivity contribution is 5.56. The summed E-state index contributed by atoms with van der Waals surface area (Å²) >= 11 is 0. The number of hydrogen-bond donors (Lipinski definition) is 3. The second kappa shape index (κ2) is 2.57. The van der Waals surface area contributed by atoms with Gasteiger partial charge in [0.1, 0.15) is 5.82 Å². The van der Waals surface area contributed by atoms with Gasteiger partial charge in [0.25, 0.3) is 0 Å². The van der Waals surface area contributed by atoms with Crippen LogP contribution in [0.2, 0.25) is 0 Å². The number of nitrogen functional groups attached to an aromatic ring is 2. The molecule has 5 nitrogen and oxygen atoms in total. The van der Waals surface area contributed by atoms with Crippen molar-refractivity contribution in [1.29, 1.82) is 0 Å². The average molecular weight is 141 g/mol. The van der Waals surface area contributed by atoms with E-state index in [-0.39, 0.29) is 0 Å². The number of nitrogens with two attached hydrogens (primary N) is 3. The molecule has 0 aromatic carbocycles. The number of rotatable bonds is 2. The fourth-order valence-corrected chi connectivity index (χ4v) is 0.710. The van der Waals surface area contributed by atoms with Crippen LogP contribution in [-0.4, -0.2) is 16.3 Å². The second-order valence-electron chi connectivity index (χ2n) is 2.00. The highest BCUT2D eigenvalue weighted by atomic mass is 15.3. The molecular formula is C5H11N5. The van der Waals surface area contributed by atoms with Gasteiger partial charge in [-0.05, 0) is 0 Å². The van der Waals surface area contributed by atoms with Gasteiger partial charge in [-0.25, -0.2) is 4.68 Å². The smallest absolute Gasteiger partial charge is 0.145 e. The first kappa shape index (κ1) is 6.88. The van der Waals surface area contributed by atoms with E-state index in [9.17, 15) is 0 Å². The maximum absolute atomic E-state index is 5.51. The third-order valence-corrected chi connectivity index (χ3v) is 1.25. The molecule has 0 bridgehead atoms. The quantitative estimate of drug-likeness (QED) is 0.492. The van der Waals surface area contributed by atoms with E-state index < -0.39 is 0 Å². The Morgan fingerprint density at radius 1 is 1.50 bits per heavy atom. The second-order valence-corrected chi connectivity index (χ2v) is 2.00. The maximum atomic E-state index is 5.51. The van der Waals surface area contributed by atoms with Gasteiger partial charge in [0.05, 0.1) is 18.4 Å². The van der Waals surface area contributed by atoms with Crippen molar-refractivity contribution in [2.45, 2.75) is 6.54 Å². The van der Waals surface area contributed by atoms with Crippen LogP contribution in [-0.2, 0) is 6.54 Å². The summed E-state index contributed by atoms with van der Waals surface area (Å²) in [6.45, 7) is 1.13. The lowest BCUT2D eigenvalue weighted by molar-refractivity contribution is 0.634. The lowest BCUT2D eigenvalue weighted by Crippen LogP contribution is -2.13. The summed E-state index contributed by atoms with van der Waals surface area (Å²) in [6.07, 6.45) is 1.52. The zero-order valence-electron chi connectivity index (χ0n) is 5.62. The molecular weight excluding hydrogens is 130 g/mol. The predicted octanol–water partition coefficient (Wildman–Crippen LogP) is -0.994. The van der Waals surface area contributed by atoms with Gasteiger partial charge in [0, 0.05) is 6.54 Å². The Morgan fingerprint density at radius 2 is 2.20 bits per heavy atom. The number of anilines is 2. The van der Waals surface area contributed by atoms with Crippen LogP contribution in [0.1, 0.15) is 0 Å². The van der Waals surface area contributed by atoms with Crippen LogP contribution in [0.4, 0.5) is 11.5 Å². The first-order valence-corrected chi connectivity index (χ1v) is 3.02. The summed E-state index contributed by atoms with van der Waals surface area (Å²) in [4.78, 5) is 0. The first-order valence-electron chi connectivity index (χ1n) is 3.02. The van der Waals surface area contributed by atoms with E-state index in [2.05, 4.69) is 5.10 Å². The van der Waals surface area contributed by atoms with Gasteiger partial charge in [-0.2, -0.15) is 5.10 Å². The Morgan fingerprint density at radius 3 is 2.60 bits per heavy atom. The van der Waals surface area contributed by atoms with Gasteiger partial charge in [0.2, 0.25) is 0 Å². The Bertz CT molecular complexity index is 216. The zero-order valence-corrected chi connectivity index (χ0v) is 5.62. The molecule has 0 spiro atoms. The maximum Gasteiger partial charge on any atom is 0.145 e. The number of nitrogens with zero attached hydrogens (tertiary/aromatic N) is 2. The molecule has 0 unspecified atom stereocenters. The van der Waals surface area contributed by atoms with Crippen LogP contribution in [0.3, 0.4) is 0 Å². The van der Waals surface area contributed by atoms with E-state index in [0.29, 0.717) is 24.6 Å². The van der Waals surface area contributed by atoms with E-state index >= 15 is 0 Å². The monoisotopic (exact) mass is 141 g/mol. The zero-order chi connectivity index (χ0) is 7.56. The van der Waals surface area contributed by atoms with Crippen LogP contribution < -0.4 is 17.2 Å². The molecule has 0 atom stereocenters. The van der Waals surface area contributed by atoms with Crippen molar-refractivity contribution in [1.82, 2.24) is 9.78 Å².